The average molecular weight is 347 g/mol. The van der Waals surface area contributed by atoms with Crippen molar-refractivity contribution in [3.63, 3.8) is 0 Å². The van der Waals surface area contributed by atoms with Crippen molar-refractivity contribution in [3.05, 3.63) is 15.8 Å². The van der Waals surface area contributed by atoms with Crippen LogP contribution in [0.1, 0.15) is 26.7 Å². The van der Waals surface area contributed by atoms with Gasteiger partial charge in [0.05, 0.1) is 5.60 Å². The second-order valence-corrected chi connectivity index (χ2v) is 6.23. The second kappa shape index (κ2) is 5.06. The zero-order valence-electron chi connectivity index (χ0n) is 10.2. The molecule has 2 heterocycles. The van der Waals surface area contributed by atoms with E-state index in [1.165, 1.54) is 0 Å². The van der Waals surface area contributed by atoms with Crippen molar-refractivity contribution in [2.75, 3.05) is 18.0 Å². The SMILES string of the molecule is CC(C)(O)C1CCN(c2ccc(I)nn2)CC1. The topological polar surface area (TPSA) is 49.2 Å². The van der Waals surface area contributed by atoms with Gasteiger partial charge in [0.25, 0.3) is 0 Å². The van der Waals surface area contributed by atoms with Gasteiger partial charge in [-0.05, 0) is 67.3 Å². The van der Waals surface area contributed by atoms with Crippen LogP contribution >= 0.6 is 22.6 Å². The highest BCUT2D eigenvalue weighted by Gasteiger charge is 2.30. The standard InChI is InChI=1S/C12H18IN3O/c1-12(2,17)9-5-7-16(8-6-9)11-4-3-10(13)14-15-11/h3-4,9,17H,5-8H2,1-2H3. The molecule has 1 aromatic heterocycles. The first kappa shape index (κ1) is 13.0. The molecule has 94 valence electrons. The Morgan fingerprint density at radius 1 is 1.29 bits per heavy atom. The van der Waals surface area contributed by atoms with Crippen LogP contribution in [-0.4, -0.2) is 34.0 Å². The van der Waals surface area contributed by atoms with E-state index in [0.717, 1.165) is 35.4 Å². The largest absolute Gasteiger partial charge is 0.390 e. The lowest BCUT2D eigenvalue weighted by molar-refractivity contribution is 0.00645. The molecule has 5 heteroatoms. The molecule has 4 nitrogen and oxygen atoms in total. The molecule has 0 aromatic carbocycles. The molecule has 1 saturated heterocycles. The van der Waals surface area contributed by atoms with E-state index in [1.54, 1.807) is 0 Å². The lowest BCUT2D eigenvalue weighted by Crippen LogP contribution is -2.42. The minimum Gasteiger partial charge on any atom is -0.390 e. The van der Waals surface area contributed by atoms with Gasteiger partial charge in [-0.1, -0.05) is 0 Å². The lowest BCUT2D eigenvalue weighted by atomic mass is 9.83. The van der Waals surface area contributed by atoms with Crippen LogP contribution in [0.3, 0.4) is 0 Å². The number of rotatable bonds is 2. The predicted molar refractivity (Wildman–Crippen MR) is 76.0 cm³/mol. The smallest absolute Gasteiger partial charge is 0.151 e. The summed E-state index contributed by atoms with van der Waals surface area (Å²) >= 11 is 2.16. The Bertz CT molecular complexity index is 366. The molecule has 0 saturated carbocycles. The summed E-state index contributed by atoms with van der Waals surface area (Å²) in [6, 6.07) is 3.99. The van der Waals surface area contributed by atoms with Crippen LogP contribution < -0.4 is 4.90 Å². The van der Waals surface area contributed by atoms with Gasteiger partial charge in [0.15, 0.2) is 5.82 Å². The minimum atomic E-state index is -0.566. The zero-order valence-corrected chi connectivity index (χ0v) is 12.4. The number of aliphatic hydroxyl groups is 1. The van der Waals surface area contributed by atoms with Gasteiger partial charge >= 0.3 is 0 Å². The van der Waals surface area contributed by atoms with E-state index < -0.39 is 5.60 Å². The van der Waals surface area contributed by atoms with E-state index in [1.807, 2.05) is 26.0 Å². The molecular formula is C12H18IN3O. The first-order chi connectivity index (χ1) is 7.97. The highest BCUT2D eigenvalue weighted by Crippen LogP contribution is 2.29. The van der Waals surface area contributed by atoms with Gasteiger partial charge in [-0.15, -0.1) is 10.2 Å². The van der Waals surface area contributed by atoms with Crippen LogP contribution in [0.5, 0.6) is 0 Å². The summed E-state index contributed by atoms with van der Waals surface area (Å²) in [5.41, 5.74) is -0.566. The number of halogens is 1. The van der Waals surface area contributed by atoms with E-state index in [4.69, 9.17) is 0 Å². The van der Waals surface area contributed by atoms with Crippen molar-refractivity contribution >= 4 is 28.4 Å². The van der Waals surface area contributed by atoms with Crippen LogP contribution in [0.4, 0.5) is 5.82 Å². The summed E-state index contributed by atoms with van der Waals surface area (Å²) in [6.45, 7) is 5.70. The fraction of sp³-hybridized carbons (Fsp3) is 0.667. The van der Waals surface area contributed by atoms with Gasteiger partial charge in [-0.3, -0.25) is 0 Å². The van der Waals surface area contributed by atoms with E-state index in [-0.39, 0.29) is 0 Å². The summed E-state index contributed by atoms with van der Waals surface area (Å²) in [7, 11) is 0. The van der Waals surface area contributed by atoms with Gasteiger partial charge in [-0.25, -0.2) is 0 Å². The number of anilines is 1. The molecule has 0 aliphatic carbocycles. The second-order valence-electron chi connectivity index (χ2n) is 5.13. The summed E-state index contributed by atoms with van der Waals surface area (Å²) in [5, 5.41) is 18.3. The van der Waals surface area contributed by atoms with Crippen molar-refractivity contribution in [3.8, 4) is 0 Å². The maximum absolute atomic E-state index is 9.99. The van der Waals surface area contributed by atoms with Crippen molar-refractivity contribution in [2.45, 2.75) is 32.3 Å². The molecule has 17 heavy (non-hydrogen) atoms. The molecule has 0 spiro atoms. The van der Waals surface area contributed by atoms with Gasteiger partial charge in [0.1, 0.15) is 3.70 Å². The van der Waals surface area contributed by atoms with Crippen LogP contribution in [0, 0.1) is 9.62 Å². The van der Waals surface area contributed by atoms with Gasteiger partial charge in [0, 0.05) is 13.1 Å². The summed E-state index contributed by atoms with van der Waals surface area (Å²) in [5.74, 6) is 1.33. The van der Waals surface area contributed by atoms with Gasteiger partial charge in [0.2, 0.25) is 0 Å². The van der Waals surface area contributed by atoms with E-state index in [2.05, 4.69) is 37.7 Å². The summed E-state index contributed by atoms with van der Waals surface area (Å²) < 4.78 is 0.915. The molecule has 0 radical (unpaired) electrons. The van der Waals surface area contributed by atoms with Crippen molar-refractivity contribution < 1.29 is 5.11 Å². The monoisotopic (exact) mass is 347 g/mol. The molecule has 1 N–H and O–H groups in total. The lowest BCUT2D eigenvalue weighted by Gasteiger charge is -2.38. The molecule has 0 bridgehead atoms. The van der Waals surface area contributed by atoms with Crippen molar-refractivity contribution in [1.82, 2.24) is 10.2 Å². The zero-order chi connectivity index (χ0) is 12.5. The molecule has 1 fully saturated rings. The normalized spacial score (nSPS) is 18.5. The highest BCUT2D eigenvalue weighted by atomic mass is 127. The Morgan fingerprint density at radius 3 is 2.41 bits per heavy atom. The molecule has 0 atom stereocenters. The quantitative estimate of drug-likeness (QED) is 0.833. The van der Waals surface area contributed by atoms with Gasteiger partial charge in [-0.2, -0.15) is 0 Å². The van der Waals surface area contributed by atoms with Crippen molar-refractivity contribution in [2.24, 2.45) is 5.92 Å². The maximum Gasteiger partial charge on any atom is 0.151 e. The van der Waals surface area contributed by atoms with E-state index in [9.17, 15) is 5.11 Å². The Balaban J connectivity index is 1.97. The first-order valence-corrected chi connectivity index (χ1v) is 7.01. The van der Waals surface area contributed by atoms with Crippen molar-refractivity contribution in [1.29, 1.82) is 0 Å². The number of piperidine rings is 1. The fourth-order valence-electron chi connectivity index (χ4n) is 2.29. The molecule has 2 rings (SSSR count). The summed E-state index contributed by atoms with van der Waals surface area (Å²) in [6.07, 6.45) is 2.02. The number of hydrogen-bond donors (Lipinski definition) is 1. The van der Waals surface area contributed by atoms with Crippen LogP contribution in [-0.2, 0) is 0 Å². The number of hydrogen-bond acceptors (Lipinski definition) is 4. The van der Waals surface area contributed by atoms with Crippen LogP contribution in [0.25, 0.3) is 0 Å². The van der Waals surface area contributed by atoms with Crippen LogP contribution in [0.15, 0.2) is 12.1 Å². The molecule has 1 aliphatic rings. The fourth-order valence-corrected chi connectivity index (χ4v) is 2.58. The van der Waals surface area contributed by atoms with Gasteiger partial charge < -0.3 is 10.0 Å². The average Bonchev–Trinajstić information content (AvgIpc) is 2.29. The predicted octanol–water partition coefficient (Wildman–Crippen LogP) is 2.07. The van der Waals surface area contributed by atoms with E-state index >= 15 is 0 Å². The molecular weight excluding hydrogens is 329 g/mol. The summed E-state index contributed by atoms with van der Waals surface area (Å²) in [4.78, 5) is 2.24. The van der Waals surface area contributed by atoms with E-state index in [0.29, 0.717) is 5.92 Å². The maximum atomic E-state index is 9.99. The molecule has 1 aliphatic heterocycles. The Labute approximate surface area is 116 Å². The minimum absolute atomic E-state index is 0.385. The highest BCUT2D eigenvalue weighted by molar-refractivity contribution is 14.1. The first-order valence-electron chi connectivity index (χ1n) is 5.93. The third-order valence-corrected chi connectivity index (χ3v) is 4.01. The number of aromatic nitrogens is 2. The Hall–Kier alpha value is -0.430. The third-order valence-electron chi connectivity index (χ3n) is 3.44. The molecule has 1 aromatic rings. The Kier molecular flexibility index (Phi) is 3.87. The number of nitrogens with zero attached hydrogens (tertiary/aromatic N) is 3. The molecule has 0 amide bonds. The van der Waals surface area contributed by atoms with Crippen LogP contribution in [0.2, 0.25) is 0 Å². The Morgan fingerprint density at radius 2 is 1.94 bits per heavy atom. The molecule has 0 unspecified atom stereocenters. The third kappa shape index (κ3) is 3.28.